The molecule has 0 aromatic heterocycles. The van der Waals surface area contributed by atoms with Crippen molar-refractivity contribution >= 4 is 23.8 Å². The summed E-state index contributed by atoms with van der Waals surface area (Å²) in [5.74, 6) is 0.249. The molecule has 1 atom stereocenters. The fourth-order valence-electron chi connectivity index (χ4n) is 1.71. The first kappa shape index (κ1) is 19.1. The molecule has 3 N–H and O–H groups in total. The molecule has 0 aliphatic heterocycles. The Morgan fingerprint density at radius 1 is 1.20 bits per heavy atom. The van der Waals surface area contributed by atoms with E-state index in [1.165, 1.54) is 0 Å². The lowest BCUT2D eigenvalue weighted by atomic mass is 9.85. The second-order valence-electron chi connectivity index (χ2n) is 5.97. The summed E-state index contributed by atoms with van der Waals surface area (Å²) in [5, 5.41) is 14.4. The maximum absolute atomic E-state index is 11.8. The van der Waals surface area contributed by atoms with E-state index in [-0.39, 0.29) is 23.9 Å². The lowest BCUT2D eigenvalue weighted by Gasteiger charge is -2.30. The Labute approximate surface area is 126 Å². The van der Waals surface area contributed by atoms with Crippen LogP contribution in [0.15, 0.2) is 0 Å². The van der Waals surface area contributed by atoms with Crippen LogP contribution in [0.25, 0.3) is 0 Å². The number of carboxylic acid groups (broad SMARTS) is 1. The van der Waals surface area contributed by atoms with Crippen LogP contribution in [-0.2, 0) is 4.79 Å². The molecule has 0 aliphatic carbocycles. The Bertz CT molecular complexity index is 303. The van der Waals surface area contributed by atoms with Gasteiger partial charge in [-0.2, -0.15) is 11.8 Å². The van der Waals surface area contributed by atoms with E-state index in [0.29, 0.717) is 6.54 Å². The number of urea groups is 1. The van der Waals surface area contributed by atoms with Gasteiger partial charge in [0.25, 0.3) is 0 Å². The Morgan fingerprint density at radius 3 is 2.35 bits per heavy atom. The molecule has 20 heavy (non-hydrogen) atoms. The molecule has 2 amide bonds. The third kappa shape index (κ3) is 9.95. The van der Waals surface area contributed by atoms with E-state index in [0.717, 1.165) is 25.0 Å². The number of rotatable bonds is 9. The third-order valence-corrected chi connectivity index (χ3v) is 3.74. The van der Waals surface area contributed by atoms with Crippen LogP contribution in [0.1, 0.15) is 46.5 Å². The van der Waals surface area contributed by atoms with Crippen molar-refractivity contribution in [3.63, 3.8) is 0 Å². The van der Waals surface area contributed by atoms with Gasteiger partial charge in [-0.15, -0.1) is 0 Å². The van der Waals surface area contributed by atoms with Crippen molar-refractivity contribution in [3.8, 4) is 0 Å². The number of nitrogens with one attached hydrogen (secondary N) is 2. The molecule has 5 nitrogen and oxygen atoms in total. The number of hydrogen-bond acceptors (Lipinski definition) is 3. The van der Waals surface area contributed by atoms with E-state index in [4.69, 9.17) is 5.11 Å². The van der Waals surface area contributed by atoms with Gasteiger partial charge in [0.2, 0.25) is 0 Å². The first-order valence-electron chi connectivity index (χ1n) is 7.02. The highest BCUT2D eigenvalue weighted by Gasteiger charge is 2.28. The predicted octanol–water partition coefficient (Wildman–Crippen LogP) is 2.71. The van der Waals surface area contributed by atoms with Crippen molar-refractivity contribution in [1.82, 2.24) is 10.6 Å². The molecule has 1 unspecified atom stereocenters. The first-order chi connectivity index (χ1) is 9.27. The van der Waals surface area contributed by atoms with E-state index in [1.54, 1.807) is 0 Å². The second-order valence-corrected chi connectivity index (χ2v) is 6.96. The van der Waals surface area contributed by atoms with E-state index in [1.807, 2.05) is 32.5 Å². The average Bonchev–Trinajstić information content (AvgIpc) is 2.31. The van der Waals surface area contributed by atoms with Gasteiger partial charge in [0, 0.05) is 12.6 Å². The van der Waals surface area contributed by atoms with Crippen LogP contribution in [0.3, 0.4) is 0 Å². The van der Waals surface area contributed by atoms with Crippen molar-refractivity contribution in [3.05, 3.63) is 0 Å². The number of carbonyl (C=O) groups is 2. The molecule has 0 aliphatic rings. The summed E-state index contributed by atoms with van der Waals surface area (Å²) in [4.78, 5) is 22.6. The second kappa shape index (κ2) is 9.91. The number of thioether (sulfide) groups is 1. The van der Waals surface area contributed by atoms with Crippen LogP contribution in [0.4, 0.5) is 4.79 Å². The molecule has 0 aromatic carbocycles. The number of unbranched alkanes of at least 4 members (excludes halogenated alkanes) is 2. The first-order valence-corrected chi connectivity index (χ1v) is 8.42. The lowest BCUT2D eigenvalue weighted by molar-refractivity contribution is -0.138. The fraction of sp³-hybridized carbons (Fsp3) is 0.857. The van der Waals surface area contributed by atoms with E-state index >= 15 is 0 Å². The number of amides is 2. The van der Waals surface area contributed by atoms with Crippen molar-refractivity contribution in [2.75, 3.05) is 18.6 Å². The monoisotopic (exact) mass is 304 g/mol. The Kier molecular flexibility index (Phi) is 9.46. The Hall–Kier alpha value is -0.910. The molecular weight excluding hydrogens is 276 g/mol. The minimum absolute atomic E-state index is 0.0648. The van der Waals surface area contributed by atoms with Gasteiger partial charge >= 0.3 is 12.0 Å². The van der Waals surface area contributed by atoms with Crippen molar-refractivity contribution in [2.45, 2.75) is 52.5 Å². The largest absolute Gasteiger partial charge is 0.481 e. The lowest BCUT2D eigenvalue weighted by Crippen LogP contribution is -2.49. The molecule has 0 spiro atoms. The molecule has 0 fully saturated rings. The van der Waals surface area contributed by atoms with Gasteiger partial charge in [-0.05, 0) is 30.3 Å². The zero-order valence-corrected chi connectivity index (χ0v) is 13.8. The van der Waals surface area contributed by atoms with Crippen molar-refractivity contribution < 1.29 is 14.7 Å². The Balaban J connectivity index is 3.99. The van der Waals surface area contributed by atoms with E-state index in [9.17, 15) is 9.59 Å². The van der Waals surface area contributed by atoms with Crippen LogP contribution < -0.4 is 10.6 Å². The summed E-state index contributed by atoms with van der Waals surface area (Å²) in [6.45, 7) is 6.39. The molecule has 118 valence electrons. The minimum Gasteiger partial charge on any atom is -0.481 e. The van der Waals surface area contributed by atoms with Gasteiger partial charge in [-0.25, -0.2) is 4.79 Å². The fourth-order valence-corrected chi connectivity index (χ4v) is 2.20. The molecule has 0 rings (SSSR count). The van der Waals surface area contributed by atoms with Gasteiger partial charge in [0.1, 0.15) is 0 Å². The van der Waals surface area contributed by atoms with Crippen LogP contribution in [0, 0.1) is 5.41 Å². The number of carbonyl (C=O) groups excluding carboxylic acids is 1. The summed E-state index contributed by atoms with van der Waals surface area (Å²) < 4.78 is 0. The molecule has 6 heteroatoms. The topological polar surface area (TPSA) is 78.4 Å². The van der Waals surface area contributed by atoms with Gasteiger partial charge in [-0.1, -0.05) is 27.2 Å². The van der Waals surface area contributed by atoms with Gasteiger partial charge in [0.15, 0.2) is 0 Å². The average molecular weight is 304 g/mol. The van der Waals surface area contributed by atoms with Crippen LogP contribution in [0.2, 0.25) is 0 Å². The predicted molar refractivity (Wildman–Crippen MR) is 84.3 cm³/mol. The zero-order chi connectivity index (χ0) is 15.6. The number of hydrogen-bond donors (Lipinski definition) is 3. The van der Waals surface area contributed by atoms with Crippen LogP contribution >= 0.6 is 11.8 Å². The molecule has 0 heterocycles. The van der Waals surface area contributed by atoms with Crippen LogP contribution in [-0.4, -0.2) is 41.7 Å². The summed E-state index contributed by atoms with van der Waals surface area (Å²) >= 11 is 1.83. The highest BCUT2D eigenvalue weighted by molar-refractivity contribution is 7.98. The minimum atomic E-state index is -0.901. The quantitative estimate of drug-likeness (QED) is 0.572. The number of aliphatic carboxylic acids is 1. The zero-order valence-electron chi connectivity index (χ0n) is 13.0. The summed E-state index contributed by atoms with van der Waals surface area (Å²) in [6.07, 6.45) is 5.23. The normalized spacial score (nSPS) is 12.8. The standard InChI is InChI=1S/C14H28N2O3S/c1-14(2,3)11(10-12(17)18)16-13(19)15-8-6-5-7-9-20-4/h11H,5-10H2,1-4H3,(H,17,18)(H2,15,16,19). The summed E-state index contributed by atoms with van der Waals surface area (Å²) in [7, 11) is 0. The van der Waals surface area contributed by atoms with Crippen molar-refractivity contribution in [2.24, 2.45) is 5.41 Å². The van der Waals surface area contributed by atoms with Gasteiger partial charge in [0.05, 0.1) is 6.42 Å². The maximum atomic E-state index is 11.8. The molecule has 0 saturated carbocycles. The van der Waals surface area contributed by atoms with E-state index in [2.05, 4.69) is 16.9 Å². The molecule has 0 saturated heterocycles. The summed E-state index contributed by atoms with van der Waals surface area (Å²) in [6, 6.07) is -0.660. The summed E-state index contributed by atoms with van der Waals surface area (Å²) in [5.41, 5.74) is -0.284. The smallest absolute Gasteiger partial charge is 0.315 e. The van der Waals surface area contributed by atoms with Crippen molar-refractivity contribution in [1.29, 1.82) is 0 Å². The van der Waals surface area contributed by atoms with E-state index < -0.39 is 5.97 Å². The molecule has 0 bridgehead atoms. The van der Waals surface area contributed by atoms with Crippen LogP contribution in [0.5, 0.6) is 0 Å². The third-order valence-electron chi connectivity index (χ3n) is 3.04. The van der Waals surface area contributed by atoms with Gasteiger partial charge in [-0.3, -0.25) is 4.79 Å². The highest BCUT2D eigenvalue weighted by atomic mass is 32.2. The highest BCUT2D eigenvalue weighted by Crippen LogP contribution is 2.21. The molecule has 0 radical (unpaired) electrons. The molecular formula is C14H28N2O3S. The molecule has 0 aromatic rings. The van der Waals surface area contributed by atoms with Gasteiger partial charge < -0.3 is 15.7 Å². The SMILES string of the molecule is CSCCCCCNC(=O)NC(CC(=O)O)C(C)(C)C. The Morgan fingerprint density at radius 2 is 1.85 bits per heavy atom. The number of carboxylic acids is 1. The maximum Gasteiger partial charge on any atom is 0.315 e.